The molecular weight excluding hydrogens is 226 g/mol. The van der Waals surface area contributed by atoms with Crippen molar-refractivity contribution in [3.63, 3.8) is 0 Å². The molecule has 0 unspecified atom stereocenters. The van der Waals surface area contributed by atoms with Gasteiger partial charge in [-0.05, 0) is 29.5 Å². The summed E-state index contributed by atoms with van der Waals surface area (Å²) >= 11 is 0. The molecule has 2 aromatic rings. The van der Waals surface area contributed by atoms with Gasteiger partial charge in [0.05, 0.1) is 0 Å². The van der Waals surface area contributed by atoms with Gasteiger partial charge < -0.3 is 11.1 Å². The molecule has 0 bridgehead atoms. The second-order valence-electron chi connectivity index (χ2n) is 4.74. The van der Waals surface area contributed by atoms with E-state index in [0.717, 1.165) is 10.8 Å². The number of carbonyl (C=O) groups is 1. The Balaban J connectivity index is 2.38. The molecule has 1 aromatic heterocycles. The molecular formula is C14H17N3O. The molecule has 3 N–H and O–H groups in total. The number of hydrogen-bond donors (Lipinski definition) is 2. The van der Waals surface area contributed by atoms with Gasteiger partial charge >= 0.3 is 0 Å². The molecule has 0 saturated carbocycles. The molecule has 0 spiro atoms. The first-order valence-electron chi connectivity index (χ1n) is 6.00. The fourth-order valence-corrected chi connectivity index (χ4v) is 1.75. The molecule has 0 aliphatic heterocycles. The standard InChI is InChI=1S/C14H17N3O/c1-9(2)8-17-14(18)13-12-7-11(15)4-3-10(12)5-6-16-13/h3-7,9H,8,15H2,1-2H3,(H,17,18). The molecule has 0 aliphatic rings. The summed E-state index contributed by atoms with van der Waals surface area (Å²) in [6.45, 7) is 4.74. The first kappa shape index (κ1) is 12.4. The zero-order valence-corrected chi connectivity index (χ0v) is 10.6. The quantitative estimate of drug-likeness (QED) is 0.812. The number of rotatable bonds is 3. The molecule has 0 fully saturated rings. The molecule has 18 heavy (non-hydrogen) atoms. The Morgan fingerprint density at radius 3 is 2.89 bits per heavy atom. The number of pyridine rings is 1. The topological polar surface area (TPSA) is 68.0 Å². The second-order valence-corrected chi connectivity index (χ2v) is 4.74. The van der Waals surface area contributed by atoms with Gasteiger partial charge in [-0.2, -0.15) is 0 Å². The highest BCUT2D eigenvalue weighted by molar-refractivity contribution is 6.05. The molecule has 1 amide bonds. The van der Waals surface area contributed by atoms with Gasteiger partial charge in [-0.25, -0.2) is 0 Å². The Morgan fingerprint density at radius 2 is 2.17 bits per heavy atom. The smallest absolute Gasteiger partial charge is 0.270 e. The number of anilines is 1. The van der Waals surface area contributed by atoms with Crippen LogP contribution in [-0.4, -0.2) is 17.4 Å². The highest BCUT2D eigenvalue weighted by atomic mass is 16.1. The Kier molecular flexibility index (Phi) is 3.46. The average Bonchev–Trinajstić information content (AvgIpc) is 2.35. The second kappa shape index (κ2) is 5.04. The Bertz CT molecular complexity index is 578. The van der Waals surface area contributed by atoms with Crippen molar-refractivity contribution >= 4 is 22.4 Å². The molecule has 0 aliphatic carbocycles. The summed E-state index contributed by atoms with van der Waals surface area (Å²) in [6, 6.07) is 7.37. The predicted molar refractivity (Wildman–Crippen MR) is 73.3 cm³/mol. The number of amides is 1. The molecule has 1 aromatic carbocycles. The molecule has 1 heterocycles. The molecule has 94 valence electrons. The lowest BCUT2D eigenvalue weighted by Crippen LogP contribution is -2.28. The first-order valence-corrected chi connectivity index (χ1v) is 6.00. The third kappa shape index (κ3) is 2.59. The van der Waals surface area contributed by atoms with Crippen LogP contribution < -0.4 is 11.1 Å². The number of nitrogen functional groups attached to an aromatic ring is 1. The van der Waals surface area contributed by atoms with Gasteiger partial charge in [-0.1, -0.05) is 19.9 Å². The number of aromatic nitrogens is 1. The SMILES string of the molecule is CC(C)CNC(=O)c1nccc2ccc(N)cc12. The van der Waals surface area contributed by atoms with Crippen LogP contribution in [0, 0.1) is 5.92 Å². The lowest BCUT2D eigenvalue weighted by molar-refractivity contribution is 0.0946. The molecule has 0 radical (unpaired) electrons. The van der Waals surface area contributed by atoms with E-state index in [2.05, 4.69) is 24.1 Å². The van der Waals surface area contributed by atoms with Crippen LogP contribution in [0.2, 0.25) is 0 Å². The fraction of sp³-hybridized carbons (Fsp3) is 0.286. The number of hydrogen-bond acceptors (Lipinski definition) is 3. The summed E-state index contributed by atoms with van der Waals surface area (Å²) in [4.78, 5) is 16.2. The largest absolute Gasteiger partial charge is 0.399 e. The van der Waals surface area contributed by atoms with Gasteiger partial charge in [-0.3, -0.25) is 9.78 Å². The molecule has 4 nitrogen and oxygen atoms in total. The summed E-state index contributed by atoms with van der Waals surface area (Å²) in [5.74, 6) is 0.258. The Morgan fingerprint density at radius 1 is 1.39 bits per heavy atom. The van der Waals surface area contributed by atoms with E-state index in [1.807, 2.05) is 18.2 Å². The van der Waals surface area contributed by atoms with E-state index in [0.29, 0.717) is 23.8 Å². The monoisotopic (exact) mass is 243 g/mol. The maximum absolute atomic E-state index is 12.1. The highest BCUT2D eigenvalue weighted by Gasteiger charge is 2.11. The van der Waals surface area contributed by atoms with Crippen LogP contribution >= 0.6 is 0 Å². The van der Waals surface area contributed by atoms with Crippen LogP contribution in [0.15, 0.2) is 30.5 Å². The van der Waals surface area contributed by atoms with Crippen molar-refractivity contribution in [2.45, 2.75) is 13.8 Å². The van der Waals surface area contributed by atoms with Crippen molar-refractivity contribution in [3.05, 3.63) is 36.2 Å². The summed E-state index contributed by atoms with van der Waals surface area (Å²) in [5.41, 5.74) is 6.82. The molecule has 0 saturated heterocycles. The predicted octanol–water partition coefficient (Wildman–Crippen LogP) is 2.20. The fourth-order valence-electron chi connectivity index (χ4n) is 1.75. The van der Waals surface area contributed by atoms with Crippen LogP contribution in [0.3, 0.4) is 0 Å². The minimum Gasteiger partial charge on any atom is -0.399 e. The van der Waals surface area contributed by atoms with Gasteiger partial charge in [0.15, 0.2) is 0 Å². The van der Waals surface area contributed by atoms with Gasteiger partial charge in [0.1, 0.15) is 5.69 Å². The van der Waals surface area contributed by atoms with Gasteiger partial charge in [0.25, 0.3) is 5.91 Å². The molecule has 0 atom stereocenters. The number of benzene rings is 1. The average molecular weight is 243 g/mol. The highest BCUT2D eigenvalue weighted by Crippen LogP contribution is 2.19. The zero-order chi connectivity index (χ0) is 13.1. The summed E-state index contributed by atoms with van der Waals surface area (Å²) in [7, 11) is 0. The van der Waals surface area contributed by atoms with Gasteiger partial charge in [0, 0.05) is 23.8 Å². The van der Waals surface area contributed by atoms with Crippen molar-refractivity contribution in [3.8, 4) is 0 Å². The summed E-state index contributed by atoms with van der Waals surface area (Å²) in [6.07, 6.45) is 1.64. The minimum atomic E-state index is -0.153. The maximum Gasteiger partial charge on any atom is 0.270 e. The van der Waals surface area contributed by atoms with Crippen LogP contribution in [0.4, 0.5) is 5.69 Å². The number of nitrogens with one attached hydrogen (secondary N) is 1. The number of fused-ring (bicyclic) bond motifs is 1. The van der Waals surface area contributed by atoms with Crippen LogP contribution in [0.5, 0.6) is 0 Å². The van der Waals surface area contributed by atoms with E-state index in [9.17, 15) is 4.79 Å². The first-order chi connectivity index (χ1) is 8.58. The molecule has 2 rings (SSSR count). The van der Waals surface area contributed by atoms with E-state index < -0.39 is 0 Å². The van der Waals surface area contributed by atoms with Gasteiger partial charge in [0.2, 0.25) is 0 Å². The lowest BCUT2D eigenvalue weighted by Gasteiger charge is -2.09. The van der Waals surface area contributed by atoms with Gasteiger partial charge in [-0.15, -0.1) is 0 Å². The number of carbonyl (C=O) groups excluding carboxylic acids is 1. The summed E-state index contributed by atoms with van der Waals surface area (Å²) in [5, 5.41) is 4.62. The maximum atomic E-state index is 12.1. The lowest BCUT2D eigenvalue weighted by atomic mass is 10.1. The molecule has 4 heteroatoms. The van der Waals surface area contributed by atoms with Crippen molar-refractivity contribution in [2.75, 3.05) is 12.3 Å². The van der Waals surface area contributed by atoms with E-state index in [1.54, 1.807) is 12.3 Å². The zero-order valence-electron chi connectivity index (χ0n) is 10.6. The number of nitrogens with zero attached hydrogens (tertiary/aromatic N) is 1. The van der Waals surface area contributed by atoms with Crippen LogP contribution in [0.25, 0.3) is 10.8 Å². The summed E-state index contributed by atoms with van der Waals surface area (Å²) < 4.78 is 0. The Hall–Kier alpha value is -2.10. The Labute approximate surface area is 106 Å². The van der Waals surface area contributed by atoms with E-state index in [4.69, 9.17) is 5.73 Å². The van der Waals surface area contributed by atoms with Crippen LogP contribution in [0.1, 0.15) is 24.3 Å². The van der Waals surface area contributed by atoms with Crippen molar-refractivity contribution in [1.82, 2.24) is 10.3 Å². The minimum absolute atomic E-state index is 0.153. The van der Waals surface area contributed by atoms with E-state index in [1.165, 1.54) is 0 Å². The normalized spacial score (nSPS) is 10.8. The van der Waals surface area contributed by atoms with E-state index >= 15 is 0 Å². The number of nitrogens with two attached hydrogens (primary N) is 1. The third-order valence-corrected chi connectivity index (χ3v) is 2.68. The van der Waals surface area contributed by atoms with Crippen LogP contribution in [-0.2, 0) is 0 Å². The van der Waals surface area contributed by atoms with E-state index in [-0.39, 0.29) is 5.91 Å². The van der Waals surface area contributed by atoms with Crippen molar-refractivity contribution in [2.24, 2.45) is 5.92 Å². The third-order valence-electron chi connectivity index (χ3n) is 2.68. The van der Waals surface area contributed by atoms with Crippen molar-refractivity contribution in [1.29, 1.82) is 0 Å². The van der Waals surface area contributed by atoms with Crippen molar-refractivity contribution < 1.29 is 4.79 Å².